The van der Waals surface area contributed by atoms with Crippen LogP contribution in [0.4, 0.5) is 0 Å². The van der Waals surface area contributed by atoms with Gasteiger partial charge in [0.05, 0.1) is 5.75 Å². The molecule has 1 aliphatic carbocycles. The smallest absolute Gasteiger partial charge is 0.215 e. The van der Waals surface area contributed by atoms with Gasteiger partial charge in [-0.15, -0.1) is 0 Å². The number of sulfonamides is 1. The second-order valence-electron chi connectivity index (χ2n) is 4.22. The van der Waals surface area contributed by atoms with Gasteiger partial charge >= 0.3 is 0 Å². The van der Waals surface area contributed by atoms with Gasteiger partial charge in [0, 0.05) is 26.2 Å². The Labute approximate surface area is 93.1 Å². The molecule has 1 N–H and O–H groups in total. The molecule has 1 fully saturated rings. The minimum Gasteiger partial charge on any atom is -0.313 e. The van der Waals surface area contributed by atoms with Crippen LogP contribution in [0.1, 0.15) is 32.6 Å². The van der Waals surface area contributed by atoms with Crippen LogP contribution >= 0.6 is 0 Å². The van der Waals surface area contributed by atoms with Gasteiger partial charge in [-0.25, -0.2) is 12.7 Å². The largest absolute Gasteiger partial charge is 0.313 e. The average molecular weight is 234 g/mol. The van der Waals surface area contributed by atoms with Gasteiger partial charge in [0.25, 0.3) is 0 Å². The molecule has 0 bridgehead atoms. The molecule has 4 nitrogen and oxygen atoms in total. The Morgan fingerprint density at radius 2 is 2.07 bits per heavy atom. The van der Waals surface area contributed by atoms with Gasteiger partial charge in [-0.3, -0.25) is 0 Å². The summed E-state index contributed by atoms with van der Waals surface area (Å²) < 4.78 is 24.9. The Balaban J connectivity index is 2.22. The number of nitrogens with one attached hydrogen (secondary N) is 1. The fourth-order valence-corrected chi connectivity index (χ4v) is 2.45. The van der Waals surface area contributed by atoms with Crippen molar-refractivity contribution in [3.05, 3.63) is 0 Å². The van der Waals surface area contributed by atoms with Crippen LogP contribution in [0.15, 0.2) is 0 Å². The minimum absolute atomic E-state index is 0.226. The lowest BCUT2D eigenvalue weighted by atomic mass is 10.3. The lowest BCUT2D eigenvalue weighted by Crippen LogP contribution is -2.34. The predicted octanol–water partition coefficient (Wildman–Crippen LogP) is 0.800. The summed E-state index contributed by atoms with van der Waals surface area (Å²) in [4.78, 5) is 0. The Morgan fingerprint density at radius 3 is 2.60 bits per heavy atom. The normalized spacial score (nSPS) is 17.3. The monoisotopic (exact) mass is 234 g/mol. The van der Waals surface area contributed by atoms with Crippen molar-refractivity contribution in [2.75, 3.05) is 25.9 Å². The van der Waals surface area contributed by atoms with Gasteiger partial charge in [0.1, 0.15) is 0 Å². The Hall–Kier alpha value is -0.130. The Morgan fingerprint density at radius 1 is 1.40 bits per heavy atom. The molecule has 1 rings (SSSR count). The Kier molecular flexibility index (Phi) is 5.02. The SMILES string of the molecule is CCCCN(C)S(=O)(=O)CCNC1CC1. The number of hydrogen-bond donors (Lipinski definition) is 1. The van der Waals surface area contributed by atoms with Gasteiger partial charge in [-0.1, -0.05) is 13.3 Å². The summed E-state index contributed by atoms with van der Waals surface area (Å²) in [5.41, 5.74) is 0. The topological polar surface area (TPSA) is 49.4 Å². The molecular formula is C10H22N2O2S. The summed E-state index contributed by atoms with van der Waals surface area (Å²) >= 11 is 0. The highest BCUT2D eigenvalue weighted by Gasteiger charge is 2.22. The van der Waals surface area contributed by atoms with E-state index < -0.39 is 10.0 Å². The van der Waals surface area contributed by atoms with Gasteiger partial charge in [-0.05, 0) is 19.3 Å². The highest BCUT2D eigenvalue weighted by atomic mass is 32.2. The molecule has 0 heterocycles. The van der Waals surface area contributed by atoms with E-state index in [-0.39, 0.29) is 5.75 Å². The summed E-state index contributed by atoms with van der Waals surface area (Å²) in [5.74, 6) is 0.226. The average Bonchev–Trinajstić information content (AvgIpc) is 2.97. The van der Waals surface area contributed by atoms with Crippen LogP contribution in [0.2, 0.25) is 0 Å². The zero-order valence-electron chi connectivity index (χ0n) is 9.70. The summed E-state index contributed by atoms with van der Waals surface area (Å²) in [5, 5.41) is 3.22. The number of unbranched alkanes of at least 4 members (excludes halogenated alkanes) is 1. The quantitative estimate of drug-likeness (QED) is 0.676. The second-order valence-corrected chi connectivity index (χ2v) is 6.41. The molecule has 90 valence electrons. The lowest BCUT2D eigenvalue weighted by molar-refractivity contribution is 0.458. The molecule has 0 saturated heterocycles. The van der Waals surface area contributed by atoms with E-state index in [4.69, 9.17) is 0 Å². The van der Waals surface area contributed by atoms with Crippen LogP contribution in [-0.2, 0) is 10.0 Å². The van der Waals surface area contributed by atoms with E-state index in [1.807, 2.05) is 0 Å². The standard InChI is InChI=1S/C10H22N2O2S/c1-3-4-8-12(2)15(13,14)9-7-11-10-5-6-10/h10-11H,3-9H2,1-2H3. The van der Waals surface area contributed by atoms with E-state index in [9.17, 15) is 8.42 Å². The molecule has 0 aromatic heterocycles. The third kappa shape index (κ3) is 4.95. The van der Waals surface area contributed by atoms with Crippen molar-refractivity contribution in [3.63, 3.8) is 0 Å². The maximum absolute atomic E-state index is 11.7. The maximum Gasteiger partial charge on any atom is 0.215 e. The molecule has 0 atom stereocenters. The molecule has 5 heteroatoms. The van der Waals surface area contributed by atoms with Crippen LogP contribution < -0.4 is 5.32 Å². The van der Waals surface area contributed by atoms with Crippen molar-refractivity contribution in [2.24, 2.45) is 0 Å². The molecule has 1 aliphatic rings. The number of rotatable bonds is 8. The molecule has 0 aromatic rings. The molecule has 0 radical (unpaired) electrons. The van der Waals surface area contributed by atoms with E-state index in [2.05, 4.69) is 12.2 Å². The fraction of sp³-hybridized carbons (Fsp3) is 1.00. The number of hydrogen-bond acceptors (Lipinski definition) is 3. The van der Waals surface area contributed by atoms with Gasteiger partial charge in [-0.2, -0.15) is 0 Å². The summed E-state index contributed by atoms with van der Waals surface area (Å²) in [7, 11) is -1.36. The van der Waals surface area contributed by atoms with Crippen molar-refractivity contribution in [3.8, 4) is 0 Å². The molecule has 0 amide bonds. The molecule has 1 saturated carbocycles. The van der Waals surface area contributed by atoms with E-state index in [0.29, 0.717) is 19.1 Å². The van der Waals surface area contributed by atoms with Crippen LogP contribution in [0.5, 0.6) is 0 Å². The van der Waals surface area contributed by atoms with Crippen LogP contribution in [0.3, 0.4) is 0 Å². The summed E-state index contributed by atoms with van der Waals surface area (Å²) in [6, 6.07) is 0.584. The van der Waals surface area contributed by atoms with E-state index in [1.54, 1.807) is 7.05 Å². The first-order valence-corrected chi connectivity index (χ1v) is 7.34. The molecular weight excluding hydrogens is 212 g/mol. The predicted molar refractivity (Wildman–Crippen MR) is 62.3 cm³/mol. The van der Waals surface area contributed by atoms with E-state index >= 15 is 0 Å². The number of nitrogens with zero attached hydrogens (tertiary/aromatic N) is 1. The zero-order chi connectivity index (χ0) is 11.3. The second kappa shape index (κ2) is 5.82. The molecule has 0 unspecified atom stereocenters. The van der Waals surface area contributed by atoms with Crippen LogP contribution in [0.25, 0.3) is 0 Å². The fourth-order valence-electron chi connectivity index (χ4n) is 1.36. The molecule has 0 aliphatic heterocycles. The first kappa shape index (κ1) is 12.9. The van der Waals surface area contributed by atoms with Gasteiger partial charge in [0.15, 0.2) is 0 Å². The molecule has 15 heavy (non-hydrogen) atoms. The highest BCUT2D eigenvalue weighted by Crippen LogP contribution is 2.18. The lowest BCUT2D eigenvalue weighted by Gasteiger charge is -2.16. The summed E-state index contributed by atoms with van der Waals surface area (Å²) in [6.07, 6.45) is 4.36. The summed E-state index contributed by atoms with van der Waals surface area (Å²) in [6.45, 7) is 3.29. The van der Waals surface area contributed by atoms with Crippen molar-refractivity contribution in [1.29, 1.82) is 0 Å². The van der Waals surface area contributed by atoms with Crippen molar-refractivity contribution >= 4 is 10.0 Å². The zero-order valence-corrected chi connectivity index (χ0v) is 10.5. The highest BCUT2D eigenvalue weighted by molar-refractivity contribution is 7.89. The molecule has 0 spiro atoms. The first-order chi connectivity index (χ1) is 7.06. The Bertz CT molecular complexity index is 273. The van der Waals surface area contributed by atoms with Gasteiger partial charge in [0.2, 0.25) is 10.0 Å². The van der Waals surface area contributed by atoms with Crippen molar-refractivity contribution < 1.29 is 8.42 Å². The molecule has 0 aromatic carbocycles. The third-order valence-electron chi connectivity index (χ3n) is 2.67. The first-order valence-electron chi connectivity index (χ1n) is 5.73. The van der Waals surface area contributed by atoms with E-state index in [0.717, 1.165) is 12.8 Å². The van der Waals surface area contributed by atoms with Gasteiger partial charge < -0.3 is 5.32 Å². The third-order valence-corrected chi connectivity index (χ3v) is 4.52. The maximum atomic E-state index is 11.7. The van der Waals surface area contributed by atoms with Crippen LogP contribution in [-0.4, -0.2) is 44.7 Å². The minimum atomic E-state index is -3.03. The van der Waals surface area contributed by atoms with Crippen LogP contribution in [0, 0.1) is 0 Å². The van der Waals surface area contributed by atoms with Crippen molar-refractivity contribution in [1.82, 2.24) is 9.62 Å². The van der Waals surface area contributed by atoms with E-state index in [1.165, 1.54) is 17.1 Å². The van der Waals surface area contributed by atoms with Crippen molar-refractivity contribution in [2.45, 2.75) is 38.6 Å².